The molecule has 1 aliphatic rings. The van der Waals surface area contributed by atoms with E-state index < -0.39 is 12.0 Å². The van der Waals surface area contributed by atoms with Crippen molar-refractivity contribution in [2.75, 3.05) is 10.2 Å². The van der Waals surface area contributed by atoms with Crippen molar-refractivity contribution in [3.8, 4) is 0 Å². The molecule has 1 fully saturated rings. The van der Waals surface area contributed by atoms with Crippen LogP contribution in [0, 0.1) is 0 Å². The number of halogens is 2. The van der Waals surface area contributed by atoms with Crippen molar-refractivity contribution in [1.82, 2.24) is 0 Å². The van der Waals surface area contributed by atoms with E-state index in [0.717, 1.165) is 4.90 Å². The molecule has 0 bridgehead atoms. The van der Waals surface area contributed by atoms with E-state index in [4.69, 9.17) is 28.3 Å². The maximum Gasteiger partial charge on any atom is 0.307 e. The van der Waals surface area contributed by atoms with Crippen LogP contribution in [0.3, 0.4) is 0 Å². The van der Waals surface area contributed by atoms with Crippen molar-refractivity contribution >= 4 is 52.4 Å². The Morgan fingerprint density at radius 3 is 2.42 bits per heavy atom. The van der Waals surface area contributed by atoms with E-state index >= 15 is 0 Å². The van der Waals surface area contributed by atoms with Crippen LogP contribution in [0.4, 0.5) is 11.4 Å². The van der Waals surface area contributed by atoms with Gasteiger partial charge in [0.1, 0.15) is 6.04 Å². The number of carboxylic acids is 1. The Balaban J connectivity index is 1.76. The Hall–Kier alpha value is -2.57. The number of rotatable bonds is 5. The van der Waals surface area contributed by atoms with E-state index in [1.807, 2.05) is 0 Å². The maximum atomic E-state index is 12.6. The van der Waals surface area contributed by atoms with Crippen LogP contribution in [0.2, 0.25) is 10.0 Å². The van der Waals surface area contributed by atoms with Gasteiger partial charge in [-0.2, -0.15) is 0 Å². The minimum atomic E-state index is -0.947. The summed E-state index contributed by atoms with van der Waals surface area (Å²) >= 11 is 11.8. The average Bonchev–Trinajstić information content (AvgIpc) is 2.85. The molecule has 3 rings (SSSR count). The van der Waals surface area contributed by atoms with Gasteiger partial charge < -0.3 is 10.4 Å². The summed E-state index contributed by atoms with van der Waals surface area (Å²) in [5.41, 5.74) is 1.59. The third-order valence-corrected chi connectivity index (χ3v) is 4.70. The number of hydrogen-bond acceptors (Lipinski definition) is 4. The van der Waals surface area contributed by atoms with Crippen LogP contribution in [0.5, 0.6) is 0 Å². The van der Waals surface area contributed by atoms with E-state index in [2.05, 4.69) is 5.32 Å². The third-order valence-electron chi connectivity index (χ3n) is 3.96. The Morgan fingerprint density at radius 1 is 1.12 bits per heavy atom. The number of nitrogens with one attached hydrogen (secondary N) is 1. The monoisotopic (exact) mass is 392 g/mol. The predicted octanol–water partition coefficient (Wildman–Crippen LogP) is 3.36. The average molecular weight is 393 g/mol. The fourth-order valence-electron chi connectivity index (χ4n) is 2.74. The zero-order chi connectivity index (χ0) is 18.8. The number of hydrogen-bond donors (Lipinski definition) is 2. The second-order valence-corrected chi connectivity index (χ2v) is 6.65. The zero-order valence-electron chi connectivity index (χ0n) is 13.4. The molecule has 6 nitrogen and oxygen atoms in total. The minimum Gasteiger partial charge on any atom is -0.481 e. The molecule has 2 amide bonds. The lowest BCUT2D eigenvalue weighted by Gasteiger charge is -2.16. The fraction of sp³-hybridized carbons (Fsp3) is 0.167. The number of carbonyl (C=O) groups is 3. The standard InChI is InChI=1S/C18H14Cl2N2O4/c19-13-6-3-11(8-14(13)20)21-15-9-16(23)22(18(15)26)12-4-1-10(2-5-12)7-17(24)25/h1-6,8,15,21H,7,9H2,(H,24,25). The number of anilines is 2. The molecule has 0 spiro atoms. The number of imide groups is 1. The number of amides is 2. The van der Waals surface area contributed by atoms with Crippen molar-refractivity contribution in [1.29, 1.82) is 0 Å². The molecule has 1 unspecified atom stereocenters. The van der Waals surface area contributed by atoms with Crippen LogP contribution in [0.25, 0.3) is 0 Å². The Morgan fingerprint density at radius 2 is 1.81 bits per heavy atom. The molecule has 8 heteroatoms. The van der Waals surface area contributed by atoms with Crippen LogP contribution in [-0.2, 0) is 20.8 Å². The first kappa shape index (κ1) is 18.2. The highest BCUT2D eigenvalue weighted by molar-refractivity contribution is 6.42. The molecule has 0 aromatic heterocycles. The normalized spacial score (nSPS) is 16.8. The highest BCUT2D eigenvalue weighted by Crippen LogP contribution is 2.28. The van der Waals surface area contributed by atoms with Gasteiger partial charge in [0.2, 0.25) is 5.91 Å². The molecule has 0 aliphatic carbocycles. The van der Waals surface area contributed by atoms with Crippen molar-refractivity contribution in [3.05, 3.63) is 58.1 Å². The van der Waals surface area contributed by atoms with Gasteiger partial charge in [-0.25, -0.2) is 4.90 Å². The second kappa shape index (κ2) is 7.35. The summed E-state index contributed by atoms with van der Waals surface area (Å²) in [7, 11) is 0. The predicted molar refractivity (Wildman–Crippen MR) is 98.8 cm³/mol. The van der Waals surface area contributed by atoms with Gasteiger partial charge >= 0.3 is 5.97 Å². The second-order valence-electron chi connectivity index (χ2n) is 5.83. The molecule has 1 heterocycles. The number of benzene rings is 2. The van der Waals surface area contributed by atoms with E-state index in [0.29, 0.717) is 27.0 Å². The van der Waals surface area contributed by atoms with Crippen LogP contribution < -0.4 is 10.2 Å². The summed E-state index contributed by atoms with van der Waals surface area (Å²) < 4.78 is 0. The summed E-state index contributed by atoms with van der Waals surface area (Å²) in [6.07, 6.45) is -0.111. The van der Waals surface area contributed by atoms with Crippen LogP contribution in [0.15, 0.2) is 42.5 Å². The quantitative estimate of drug-likeness (QED) is 0.761. The van der Waals surface area contributed by atoms with Gasteiger partial charge in [-0.1, -0.05) is 35.3 Å². The largest absolute Gasteiger partial charge is 0.481 e. The molecule has 2 N–H and O–H groups in total. The molecule has 0 radical (unpaired) electrons. The van der Waals surface area contributed by atoms with Crippen molar-refractivity contribution in [3.63, 3.8) is 0 Å². The van der Waals surface area contributed by atoms with Gasteiger partial charge in [0, 0.05) is 5.69 Å². The molecule has 2 aromatic rings. The highest BCUT2D eigenvalue weighted by Gasteiger charge is 2.39. The number of aliphatic carboxylic acids is 1. The van der Waals surface area contributed by atoms with Crippen LogP contribution in [0.1, 0.15) is 12.0 Å². The Bertz CT molecular complexity index is 883. The van der Waals surface area contributed by atoms with Crippen molar-refractivity contribution in [2.24, 2.45) is 0 Å². The lowest BCUT2D eigenvalue weighted by molar-refractivity contribution is -0.136. The van der Waals surface area contributed by atoms with E-state index in [1.165, 1.54) is 0 Å². The summed E-state index contributed by atoms with van der Waals surface area (Å²) in [4.78, 5) is 36.7. The molecule has 26 heavy (non-hydrogen) atoms. The lowest BCUT2D eigenvalue weighted by atomic mass is 10.1. The minimum absolute atomic E-state index is 0.00988. The van der Waals surface area contributed by atoms with E-state index in [-0.39, 0.29) is 24.7 Å². The summed E-state index contributed by atoms with van der Waals surface area (Å²) in [6.45, 7) is 0. The van der Waals surface area contributed by atoms with Gasteiger partial charge in [0.05, 0.1) is 28.6 Å². The molecule has 0 saturated carbocycles. The van der Waals surface area contributed by atoms with Gasteiger partial charge in [0.25, 0.3) is 5.91 Å². The SMILES string of the molecule is O=C(O)Cc1ccc(N2C(=O)CC(Nc3ccc(Cl)c(Cl)c3)C2=O)cc1. The number of carboxylic acid groups (broad SMARTS) is 1. The maximum absolute atomic E-state index is 12.6. The first-order valence-electron chi connectivity index (χ1n) is 7.74. The topological polar surface area (TPSA) is 86.7 Å². The van der Waals surface area contributed by atoms with Crippen LogP contribution >= 0.6 is 23.2 Å². The third kappa shape index (κ3) is 3.81. The van der Waals surface area contributed by atoms with Gasteiger partial charge in [-0.05, 0) is 35.9 Å². The first-order valence-corrected chi connectivity index (χ1v) is 8.50. The first-order chi connectivity index (χ1) is 12.3. The molecule has 1 saturated heterocycles. The summed E-state index contributed by atoms with van der Waals surface area (Å²) in [5.74, 6) is -1.66. The lowest BCUT2D eigenvalue weighted by Crippen LogP contribution is -2.34. The molecule has 1 aliphatic heterocycles. The van der Waals surface area contributed by atoms with E-state index in [9.17, 15) is 14.4 Å². The summed E-state index contributed by atoms with van der Waals surface area (Å²) in [5, 5.41) is 12.5. The fourth-order valence-corrected chi connectivity index (χ4v) is 3.04. The van der Waals surface area contributed by atoms with Crippen molar-refractivity contribution in [2.45, 2.75) is 18.9 Å². The Kier molecular flexibility index (Phi) is 5.15. The smallest absolute Gasteiger partial charge is 0.307 e. The molecule has 134 valence electrons. The summed E-state index contributed by atoms with van der Waals surface area (Å²) in [6, 6.07) is 10.5. The zero-order valence-corrected chi connectivity index (χ0v) is 14.9. The number of nitrogens with zero attached hydrogens (tertiary/aromatic N) is 1. The molecule has 2 aromatic carbocycles. The Labute approximate surface area is 159 Å². The van der Waals surface area contributed by atoms with E-state index in [1.54, 1.807) is 42.5 Å². The van der Waals surface area contributed by atoms with Gasteiger partial charge in [0.15, 0.2) is 0 Å². The molecular weight excluding hydrogens is 379 g/mol. The highest BCUT2D eigenvalue weighted by atomic mass is 35.5. The van der Waals surface area contributed by atoms with Gasteiger partial charge in [-0.3, -0.25) is 14.4 Å². The molecular formula is C18H14Cl2N2O4. The van der Waals surface area contributed by atoms with Crippen LogP contribution in [-0.4, -0.2) is 28.9 Å². The molecule has 1 atom stereocenters. The van der Waals surface area contributed by atoms with Crippen molar-refractivity contribution < 1.29 is 19.5 Å². The van der Waals surface area contributed by atoms with Gasteiger partial charge in [-0.15, -0.1) is 0 Å². The number of carbonyl (C=O) groups excluding carboxylic acids is 2.